The van der Waals surface area contributed by atoms with Crippen LogP contribution in [-0.2, 0) is 0 Å². The van der Waals surface area contributed by atoms with Gasteiger partial charge in [-0.3, -0.25) is 4.98 Å². The SMILES string of the molecule is CCCCCNCCOc1cccc2ncccc12. The van der Waals surface area contributed by atoms with E-state index in [0.717, 1.165) is 29.7 Å². The number of rotatable bonds is 8. The zero-order valence-electron chi connectivity index (χ0n) is 11.6. The average molecular weight is 258 g/mol. The van der Waals surface area contributed by atoms with Crippen LogP contribution in [0, 0.1) is 0 Å². The molecule has 0 amide bonds. The molecular weight excluding hydrogens is 236 g/mol. The van der Waals surface area contributed by atoms with Gasteiger partial charge >= 0.3 is 0 Å². The van der Waals surface area contributed by atoms with E-state index in [2.05, 4.69) is 17.2 Å². The fraction of sp³-hybridized carbons (Fsp3) is 0.438. The lowest BCUT2D eigenvalue weighted by Gasteiger charge is -2.09. The summed E-state index contributed by atoms with van der Waals surface area (Å²) in [6, 6.07) is 9.98. The molecule has 3 heteroatoms. The molecule has 0 aliphatic heterocycles. The Morgan fingerprint density at radius 2 is 2.05 bits per heavy atom. The molecule has 0 atom stereocenters. The van der Waals surface area contributed by atoms with Crippen LogP contribution in [0.1, 0.15) is 26.2 Å². The molecule has 1 aromatic carbocycles. The summed E-state index contributed by atoms with van der Waals surface area (Å²) in [6.07, 6.45) is 5.61. The van der Waals surface area contributed by atoms with Crippen LogP contribution < -0.4 is 10.1 Å². The first-order chi connectivity index (χ1) is 9.42. The van der Waals surface area contributed by atoms with Crippen LogP contribution >= 0.6 is 0 Å². The lowest BCUT2D eigenvalue weighted by Crippen LogP contribution is -2.22. The molecule has 1 aromatic heterocycles. The monoisotopic (exact) mass is 258 g/mol. The van der Waals surface area contributed by atoms with E-state index in [1.807, 2.05) is 30.3 Å². The average Bonchev–Trinajstić information content (AvgIpc) is 2.46. The number of nitrogens with zero attached hydrogens (tertiary/aromatic N) is 1. The molecule has 0 saturated carbocycles. The maximum atomic E-state index is 5.82. The fourth-order valence-electron chi connectivity index (χ4n) is 2.06. The molecule has 19 heavy (non-hydrogen) atoms. The predicted octanol–water partition coefficient (Wildman–Crippen LogP) is 3.39. The van der Waals surface area contributed by atoms with Gasteiger partial charge in [-0.2, -0.15) is 0 Å². The number of aromatic nitrogens is 1. The Bertz CT molecular complexity index is 494. The second-order valence-electron chi connectivity index (χ2n) is 4.63. The van der Waals surface area contributed by atoms with Gasteiger partial charge in [-0.25, -0.2) is 0 Å². The second-order valence-corrected chi connectivity index (χ2v) is 4.63. The molecule has 0 aliphatic carbocycles. The van der Waals surface area contributed by atoms with Gasteiger partial charge in [0.1, 0.15) is 12.4 Å². The van der Waals surface area contributed by atoms with Crippen molar-refractivity contribution in [2.24, 2.45) is 0 Å². The minimum atomic E-state index is 0.695. The molecule has 1 N–H and O–H groups in total. The van der Waals surface area contributed by atoms with Crippen molar-refractivity contribution in [3.05, 3.63) is 36.5 Å². The number of ether oxygens (including phenoxy) is 1. The quantitative estimate of drug-likeness (QED) is 0.737. The fourth-order valence-corrected chi connectivity index (χ4v) is 2.06. The van der Waals surface area contributed by atoms with E-state index >= 15 is 0 Å². The van der Waals surface area contributed by atoms with Crippen molar-refractivity contribution in [3.63, 3.8) is 0 Å². The van der Waals surface area contributed by atoms with Gasteiger partial charge in [0.05, 0.1) is 5.52 Å². The maximum Gasteiger partial charge on any atom is 0.128 e. The van der Waals surface area contributed by atoms with Gasteiger partial charge in [-0.05, 0) is 37.2 Å². The number of fused-ring (bicyclic) bond motifs is 1. The van der Waals surface area contributed by atoms with Crippen molar-refractivity contribution in [2.75, 3.05) is 19.7 Å². The van der Waals surface area contributed by atoms with E-state index in [4.69, 9.17) is 4.74 Å². The largest absolute Gasteiger partial charge is 0.492 e. The van der Waals surface area contributed by atoms with Gasteiger partial charge in [0, 0.05) is 18.1 Å². The Morgan fingerprint density at radius 3 is 2.95 bits per heavy atom. The van der Waals surface area contributed by atoms with E-state index in [0.29, 0.717) is 6.61 Å². The van der Waals surface area contributed by atoms with E-state index in [1.165, 1.54) is 19.3 Å². The lowest BCUT2D eigenvalue weighted by atomic mass is 10.2. The summed E-state index contributed by atoms with van der Waals surface area (Å²) in [5.41, 5.74) is 0.982. The molecule has 2 rings (SSSR count). The third kappa shape index (κ3) is 4.21. The third-order valence-corrected chi connectivity index (χ3v) is 3.10. The Kier molecular flexibility index (Phi) is 5.63. The first-order valence-corrected chi connectivity index (χ1v) is 7.09. The van der Waals surface area contributed by atoms with Gasteiger partial charge in [0.15, 0.2) is 0 Å². The smallest absolute Gasteiger partial charge is 0.128 e. The van der Waals surface area contributed by atoms with E-state index in [-0.39, 0.29) is 0 Å². The molecular formula is C16H22N2O. The molecule has 1 heterocycles. The van der Waals surface area contributed by atoms with Crippen LogP contribution in [0.5, 0.6) is 5.75 Å². The standard InChI is InChI=1S/C16H22N2O/c1-2-3-4-10-17-12-13-19-16-9-5-8-15-14(16)7-6-11-18-15/h5-9,11,17H,2-4,10,12-13H2,1H3. The van der Waals surface area contributed by atoms with Gasteiger partial charge < -0.3 is 10.1 Å². The summed E-state index contributed by atoms with van der Waals surface area (Å²) in [5, 5.41) is 4.48. The molecule has 0 radical (unpaired) electrons. The topological polar surface area (TPSA) is 34.1 Å². The molecule has 102 valence electrons. The minimum Gasteiger partial charge on any atom is -0.492 e. The van der Waals surface area contributed by atoms with Crippen molar-refractivity contribution in [2.45, 2.75) is 26.2 Å². The molecule has 0 spiro atoms. The molecule has 0 bridgehead atoms. The number of hydrogen-bond acceptors (Lipinski definition) is 3. The number of pyridine rings is 1. The second kappa shape index (κ2) is 7.74. The molecule has 3 nitrogen and oxygen atoms in total. The van der Waals surface area contributed by atoms with Crippen LogP contribution in [0.2, 0.25) is 0 Å². The summed E-state index contributed by atoms with van der Waals surface area (Å²) < 4.78 is 5.82. The predicted molar refractivity (Wildman–Crippen MR) is 79.6 cm³/mol. The van der Waals surface area contributed by atoms with Gasteiger partial charge in [0.25, 0.3) is 0 Å². The van der Waals surface area contributed by atoms with E-state index in [9.17, 15) is 0 Å². The lowest BCUT2D eigenvalue weighted by molar-refractivity contribution is 0.317. The van der Waals surface area contributed by atoms with Crippen LogP contribution in [0.15, 0.2) is 36.5 Å². The van der Waals surface area contributed by atoms with Crippen LogP contribution in [0.25, 0.3) is 10.9 Å². The number of unbranched alkanes of at least 4 members (excludes halogenated alkanes) is 2. The first kappa shape index (κ1) is 13.8. The van der Waals surface area contributed by atoms with E-state index < -0.39 is 0 Å². The van der Waals surface area contributed by atoms with Crippen molar-refractivity contribution < 1.29 is 4.74 Å². The van der Waals surface area contributed by atoms with Gasteiger partial charge in [0.2, 0.25) is 0 Å². The number of hydrogen-bond donors (Lipinski definition) is 1. The Hall–Kier alpha value is -1.61. The summed E-state index contributed by atoms with van der Waals surface area (Å²) >= 11 is 0. The molecule has 0 fully saturated rings. The Balaban J connectivity index is 1.78. The summed E-state index contributed by atoms with van der Waals surface area (Å²) in [4.78, 5) is 4.32. The van der Waals surface area contributed by atoms with Crippen LogP contribution in [0.3, 0.4) is 0 Å². The molecule has 2 aromatic rings. The molecule has 0 unspecified atom stereocenters. The summed E-state index contributed by atoms with van der Waals surface area (Å²) in [5.74, 6) is 0.918. The first-order valence-electron chi connectivity index (χ1n) is 7.09. The number of benzene rings is 1. The van der Waals surface area contributed by atoms with Crippen molar-refractivity contribution in [3.8, 4) is 5.75 Å². The Morgan fingerprint density at radius 1 is 1.11 bits per heavy atom. The molecule has 0 saturated heterocycles. The highest BCUT2D eigenvalue weighted by Crippen LogP contribution is 2.23. The maximum absolute atomic E-state index is 5.82. The number of nitrogens with one attached hydrogen (secondary N) is 1. The Labute approximate surface area is 115 Å². The van der Waals surface area contributed by atoms with Crippen molar-refractivity contribution in [1.82, 2.24) is 10.3 Å². The van der Waals surface area contributed by atoms with E-state index in [1.54, 1.807) is 6.20 Å². The van der Waals surface area contributed by atoms with Gasteiger partial charge in [-0.1, -0.05) is 25.8 Å². The van der Waals surface area contributed by atoms with Crippen LogP contribution in [0.4, 0.5) is 0 Å². The highest BCUT2D eigenvalue weighted by Gasteiger charge is 2.01. The summed E-state index contributed by atoms with van der Waals surface area (Å²) in [6.45, 7) is 4.88. The van der Waals surface area contributed by atoms with Gasteiger partial charge in [-0.15, -0.1) is 0 Å². The minimum absolute atomic E-state index is 0.695. The van der Waals surface area contributed by atoms with Crippen molar-refractivity contribution >= 4 is 10.9 Å². The van der Waals surface area contributed by atoms with Crippen molar-refractivity contribution in [1.29, 1.82) is 0 Å². The highest BCUT2D eigenvalue weighted by molar-refractivity contribution is 5.84. The molecule has 0 aliphatic rings. The zero-order chi connectivity index (χ0) is 13.3. The summed E-state index contributed by atoms with van der Waals surface area (Å²) in [7, 11) is 0. The third-order valence-electron chi connectivity index (χ3n) is 3.10. The van der Waals surface area contributed by atoms with Crippen LogP contribution in [-0.4, -0.2) is 24.7 Å². The zero-order valence-corrected chi connectivity index (χ0v) is 11.6. The normalized spacial score (nSPS) is 10.8. The highest BCUT2D eigenvalue weighted by atomic mass is 16.5.